The quantitative estimate of drug-likeness (QED) is 0.220. The summed E-state index contributed by atoms with van der Waals surface area (Å²) in [6, 6.07) is 0. The average molecular weight is 435 g/mol. The van der Waals surface area contributed by atoms with Gasteiger partial charge in [0.2, 0.25) is 0 Å². The Hall–Kier alpha value is -0.790. The highest BCUT2D eigenvalue weighted by molar-refractivity contribution is 7.48. The molecular weight excluding hydrogens is 395 g/mol. The van der Waals surface area contributed by atoms with Crippen LogP contribution in [-0.4, -0.2) is 58.0 Å². The molecule has 0 aromatic carbocycles. The van der Waals surface area contributed by atoms with Gasteiger partial charge in [0.05, 0.1) is 58.0 Å². The van der Waals surface area contributed by atoms with Crippen LogP contribution in [-0.2, 0) is 32.3 Å². The molecule has 0 fully saturated rings. The van der Waals surface area contributed by atoms with E-state index in [0.717, 1.165) is 16.7 Å². The Balaban J connectivity index is 4.73. The molecule has 8 heteroatoms. The molecule has 3 unspecified atom stereocenters. The lowest BCUT2D eigenvalue weighted by Crippen LogP contribution is -2.22. The van der Waals surface area contributed by atoms with Gasteiger partial charge in [0.15, 0.2) is 0 Å². The molecule has 0 aliphatic rings. The van der Waals surface area contributed by atoms with Gasteiger partial charge in [-0.3, -0.25) is 13.6 Å². The second-order valence-corrected chi connectivity index (χ2v) is 9.24. The molecular formula is C21H39O7P. The van der Waals surface area contributed by atoms with Crippen molar-refractivity contribution in [3.63, 3.8) is 0 Å². The number of rotatable bonds is 18. The van der Waals surface area contributed by atoms with Crippen LogP contribution in [0, 0.1) is 0 Å². The molecule has 0 saturated heterocycles. The maximum atomic E-state index is 13.1. The molecule has 7 nitrogen and oxygen atoms in total. The van der Waals surface area contributed by atoms with Crippen molar-refractivity contribution in [1.29, 1.82) is 0 Å². The molecule has 0 aliphatic heterocycles. The van der Waals surface area contributed by atoms with Gasteiger partial charge in [-0.15, -0.1) is 0 Å². The van der Waals surface area contributed by atoms with E-state index in [-0.39, 0.29) is 38.1 Å². The minimum absolute atomic E-state index is 0.0482. The highest BCUT2D eigenvalue weighted by atomic mass is 31.2. The van der Waals surface area contributed by atoms with E-state index < -0.39 is 7.82 Å². The van der Waals surface area contributed by atoms with Crippen molar-refractivity contribution >= 4 is 7.82 Å². The number of phosphoric ester groups is 1. The van der Waals surface area contributed by atoms with Gasteiger partial charge in [-0.05, 0) is 41.5 Å². The van der Waals surface area contributed by atoms with Gasteiger partial charge in [0.25, 0.3) is 0 Å². The molecule has 0 amide bonds. The van der Waals surface area contributed by atoms with Crippen LogP contribution in [0.25, 0.3) is 0 Å². The summed E-state index contributed by atoms with van der Waals surface area (Å²) in [7, 11) is -3.83. The first kappa shape index (κ1) is 28.2. The first-order chi connectivity index (χ1) is 13.4. The van der Waals surface area contributed by atoms with E-state index in [0.29, 0.717) is 19.8 Å². The largest absolute Gasteiger partial charge is 0.475 e. The van der Waals surface area contributed by atoms with Gasteiger partial charge in [0, 0.05) is 0 Å². The predicted molar refractivity (Wildman–Crippen MR) is 116 cm³/mol. The van der Waals surface area contributed by atoms with E-state index in [1.165, 1.54) is 0 Å². The van der Waals surface area contributed by atoms with Crippen LogP contribution in [0.2, 0.25) is 0 Å². The molecule has 0 bridgehead atoms. The van der Waals surface area contributed by atoms with Crippen molar-refractivity contribution in [2.75, 3.05) is 39.6 Å². The molecule has 3 atom stereocenters. The monoisotopic (exact) mass is 434 g/mol. The molecule has 0 radical (unpaired) electrons. The summed E-state index contributed by atoms with van der Waals surface area (Å²) < 4.78 is 46.2. The van der Waals surface area contributed by atoms with Crippen molar-refractivity contribution in [1.82, 2.24) is 0 Å². The Labute approximate surface area is 176 Å². The molecule has 0 aliphatic carbocycles. The highest BCUT2D eigenvalue weighted by Gasteiger charge is 2.29. The van der Waals surface area contributed by atoms with Crippen molar-refractivity contribution in [2.24, 2.45) is 0 Å². The van der Waals surface area contributed by atoms with E-state index in [1.807, 2.05) is 41.5 Å². The molecule has 0 N–H and O–H groups in total. The van der Waals surface area contributed by atoms with Gasteiger partial charge < -0.3 is 14.2 Å². The lowest BCUT2D eigenvalue weighted by Gasteiger charge is -2.23. The zero-order chi connectivity index (χ0) is 22.4. The minimum Gasteiger partial charge on any atom is -0.372 e. The number of phosphoric acid groups is 1. The van der Waals surface area contributed by atoms with Crippen LogP contribution in [0.5, 0.6) is 0 Å². The molecule has 0 saturated carbocycles. The summed E-state index contributed by atoms with van der Waals surface area (Å²) >= 11 is 0. The van der Waals surface area contributed by atoms with Gasteiger partial charge >= 0.3 is 7.82 Å². The molecule has 0 aromatic rings. The summed E-state index contributed by atoms with van der Waals surface area (Å²) in [5.74, 6) is 0. The molecule has 0 heterocycles. The van der Waals surface area contributed by atoms with Crippen LogP contribution >= 0.6 is 7.82 Å². The van der Waals surface area contributed by atoms with Crippen LogP contribution in [0.15, 0.2) is 36.5 Å². The number of hydrogen-bond donors (Lipinski definition) is 0. The topological polar surface area (TPSA) is 72.5 Å². The molecule has 0 aromatic heterocycles. The maximum Gasteiger partial charge on any atom is 0.475 e. The fourth-order valence-electron chi connectivity index (χ4n) is 1.70. The van der Waals surface area contributed by atoms with Crippen molar-refractivity contribution < 1.29 is 32.3 Å². The lowest BCUT2D eigenvalue weighted by atomic mass is 10.4. The summed E-state index contributed by atoms with van der Waals surface area (Å²) in [6.07, 6.45) is -0.913. The van der Waals surface area contributed by atoms with E-state index in [1.54, 1.807) is 0 Å². The Morgan fingerprint density at radius 1 is 0.655 bits per heavy atom. The normalized spacial score (nSPS) is 16.6. The molecule has 170 valence electrons. The minimum atomic E-state index is -3.83. The first-order valence-corrected chi connectivity index (χ1v) is 11.2. The average Bonchev–Trinajstić information content (AvgIpc) is 2.64. The molecule has 29 heavy (non-hydrogen) atoms. The SMILES string of the molecule is C=C(C)COC(C)COP(=O)(OCC(C)OCC(=C)C)OCC(C)OCC(=C)C. The Kier molecular flexibility index (Phi) is 14.7. The zero-order valence-electron chi connectivity index (χ0n) is 18.9. The van der Waals surface area contributed by atoms with Crippen molar-refractivity contribution in [3.05, 3.63) is 36.5 Å². The van der Waals surface area contributed by atoms with Gasteiger partial charge in [-0.1, -0.05) is 36.5 Å². The van der Waals surface area contributed by atoms with Crippen molar-refractivity contribution in [2.45, 2.75) is 59.9 Å². The fourth-order valence-corrected chi connectivity index (χ4v) is 3.10. The zero-order valence-corrected chi connectivity index (χ0v) is 19.8. The van der Waals surface area contributed by atoms with Gasteiger partial charge in [-0.2, -0.15) is 0 Å². The Morgan fingerprint density at radius 2 is 0.897 bits per heavy atom. The standard InChI is InChI=1S/C21H39O7P/c1-16(2)10-23-19(7)13-26-29(22,27-14-20(8)24-11-17(3)4)28-15-21(9)25-12-18(5)6/h19-21H,1,3,5,10-15H2,2,4,6-9H3. The van der Waals surface area contributed by atoms with Gasteiger partial charge in [0.1, 0.15) is 0 Å². The highest BCUT2D eigenvalue weighted by Crippen LogP contribution is 2.50. The first-order valence-electron chi connectivity index (χ1n) is 9.75. The smallest absolute Gasteiger partial charge is 0.372 e. The fraction of sp³-hybridized carbons (Fsp3) is 0.714. The Bertz CT molecular complexity index is 485. The second kappa shape index (κ2) is 15.1. The second-order valence-electron chi connectivity index (χ2n) is 7.57. The third-order valence-electron chi connectivity index (χ3n) is 3.24. The van der Waals surface area contributed by atoms with Crippen LogP contribution in [0.1, 0.15) is 41.5 Å². The third kappa shape index (κ3) is 16.7. The Morgan fingerprint density at radius 3 is 1.10 bits per heavy atom. The van der Waals surface area contributed by atoms with E-state index in [2.05, 4.69) is 19.7 Å². The van der Waals surface area contributed by atoms with E-state index >= 15 is 0 Å². The van der Waals surface area contributed by atoms with Crippen LogP contribution < -0.4 is 0 Å². The summed E-state index contributed by atoms with van der Waals surface area (Å²) in [5, 5.41) is 0. The summed E-state index contributed by atoms with van der Waals surface area (Å²) in [5.41, 5.74) is 2.67. The van der Waals surface area contributed by atoms with Crippen LogP contribution in [0.4, 0.5) is 0 Å². The molecule has 0 spiro atoms. The number of hydrogen-bond acceptors (Lipinski definition) is 7. The van der Waals surface area contributed by atoms with Crippen molar-refractivity contribution in [3.8, 4) is 0 Å². The van der Waals surface area contributed by atoms with E-state index in [4.69, 9.17) is 27.8 Å². The van der Waals surface area contributed by atoms with E-state index in [9.17, 15) is 4.57 Å². The number of ether oxygens (including phenoxy) is 3. The molecule has 0 rings (SSSR count). The van der Waals surface area contributed by atoms with Gasteiger partial charge in [-0.25, -0.2) is 4.57 Å². The third-order valence-corrected chi connectivity index (χ3v) is 4.64. The lowest BCUT2D eigenvalue weighted by molar-refractivity contribution is -0.0101. The van der Waals surface area contributed by atoms with Crippen LogP contribution in [0.3, 0.4) is 0 Å². The summed E-state index contributed by atoms with van der Waals surface area (Å²) in [6.45, 7) is 23.7. The predicted octanol–water partition coefficient (Wildman–Crippen LogP) is 5.09. The maximum absolute atomic E-state index is 13.1. The summed E-state index contributed by atoms with van der Waals surface area (Å²) in [4.78, 5) is 0.